The minimum Gasteiger partial charge on any atom is -0.463 e. The maximum Gasteiger partial charge on any atom is 0.330 e. The summed E-state index contributed by atoms with van der Waals surface area (Å²) in [4.78, 5) is 27.2. The van der Waals surface area contributed by atoms with E-state index < -0.39 is 0 Å². The molecule has 0 aliphatic rings. The summed E-state index contributed by atoms with van der Waals surface area (Å²) in [6.07, 6.45) is 34.3. The van der Waals surface area contributed by atoms with Gasteiger partial charge in [0.25, 0.3) is 0 Å². The number of aliphatic hydroxyl groups excluding tert-OH is 1. The summed E-state index contributed by atoms with van der Waals surface area (Å²) >= 11 is 0. The Morgan fingerprint density at radius 1 is 0.449 bits per heavy atom. The van der Waals surface area contributed by atoms with Crippen molar-refractivity contribution in [3.8, 4) is 0 Å². The molecule has 0 aromatic carbocycles. The van der Waals surface area contributed by atoms with Crippen LogP contribution in [0.25, 0.3) is 0 Å². The average molecular weight is 692 g/mol. The molecule has 0 amide bonds. The number of unbranched alkanes of at least 4 members (excludes halogenated alkanes) is 16. The highest BCUT2D eigenvalue weighted by Gasteiger charge is 2.07. The highest BCUT2D eigenvalue weighted by Crippen LogP contribution is 2.18. The van der Waals surface area contributed by atoms with E-state index in [0.29, 0.717) is 13.2 Å². The maximum absolute atomic E-state index is 12.4. The summed E-state index contributed by atoms with van der Waals surface area (Å²) in [5.74, 6) is -0.334. The molecule has 0 aromatic heterocycles. The SMILES string of the molecule is CCCCCCCCC(=CC(=O)OCCCCCCN(CCCO)CCCCCCOC(=O)/C=C(\CCC)CCCCCCCC)CCC. The summed E-state index contributed by atoms with van der Waals surface area (Å²) in [6, 6.07) is 0. The molecule has 0 rings (SSSR count). The molecule has 0 aromatic rings. The van der Waals surface area contributed by atoms with Gasteiger partial charge in [-0.25, -0.2) is 9.59 Å². The van der Waals surface area contributed by atoms with E-state index in [2.05, 4.69) is 32.6 Å². The summed E-state index contributed by atoms with van der Waals surface area (Å²) < 4.78 is 11.1. The van der Waals surface area contributed by atoms with Crippen LogP contribution in [-0.2, 0) is 19.1 Å². The summed E-state index contributed by atoms with van der Waals surface area (Å²) in [5, 5.41) is 9.36. The van der Waals surface area contributed by atoms with E-state index in [1.165, 1.54) is 88.2 Å². The Hall–Kier alpha value is -1.66. The van der Waals surface area contributed by atoms with Crippen LogP contribution in [0.5, 0.6) is 0 Å². The molecule has 6 nitrogen and oxygen atoms in total. The fraction of sp³-hybridized carbons (Fsp3) is 0.860. The largest absolute Gasteiger partial charge is 0.463 e. The molecule has 288 valence electrons. The first-order chi connectivity index (χ1) is 24.0. The van der Waals surface area contributed by atoms with Crippen molar-refractivity contribution in [1.82, 2.24) is 4.90 Å². The third-order valence-electron chi connectivity index (χ3n) is 9.35. The van der Waals surface area contributed by atoms with Gasteiger partial charge in [-0.15, -0.1) is 0 Å². The second-order valence-corrected chi connectivity index (χ2v) is 14.2. The predicted octanol–water partition coefficient (Wildman–Crippen LogP) is 11.8. The number of ether oxygens (including phenoxy) is 2. The number of carbonyl (C=O) groups excluding carboxylic acids is 2. The number of carbonyl (C=O) groups is 2. The first-order valence-electron chi connectivity index (χ1n) is 21.1. The molecular formula is C43H81NO5. The Morgan fingerprint density at radius 3 is 1.22 bits per heavy atom. The smallest absolute Gasteiger partial charge is 0.330 e. The van der Waals surface area contributed by atoms with Crippen molar-refractivity contribution in [3.63, 3.8) is 0 Å². The minimum absolute atomic E-state index is 0.167. The van der Waals surface area contributed by atoms with Crippen molar-refractivity contribution in [2.75, 3.05) is 39.5 Å². The fourth-order valence-corrected chi connectivity index (χ4v) is 6.42. The van der Waals surface area contributed by atoms with Gasteiger partial charge < -0.3 is 19.5 Å². The van der Waals surface area contributed by atoms with Gasteiger partial charge in [0.1, 0.15) is 0 Å². The maximum atomic E-state index is 12.4. The molecule has 0 heterocycles. The zero-order chi connectivity index (χ0) is 36.0. The number of allylic oxidation sites excluding steroid dienone is 2. The van der Waals surface area contributed by atoms with E-state index in [1.807, 2.05) is 0 Å². The second-order valence-electron chi connectivity index (χ2n) is 14.2. The predicted molar refractivity (Wildman–Crippen MR) is 209 cm³/mol. The lowest BCUT2D eigenvalue weighted by Crippen LogP contribution is -2.28. The monoisotopic (exact) mass is 692 g/mol. The number of rotatable bonds is 37. The lowest BCUT2D eigenvalue weighted by molar-refractivity contribution is -0.138. The van der Waals surface area contributed by atoms with Gasteiger partial charge in [0.15, 0.2) is 0 Å². The highest BCUT2D eigenvalue weighted by atomic mass is 16.5. The Bertz CT molecular complexity index is 746. The summed E-state index contributed by atoms with van der Waals surface area (Å²) in [5.41, 5.74) is 2.49. The zero-order valence-electron chi connectivity index (χ0n) is 33.0. The molecule has 0 bridgehead atoms. The van der Waals surface area contributed by atoms with Gasteiger partial charge in [-0.2, -0.15) is 0 Å². The molecule has 0 atom stereocenters. The van der Waals surface area contributed by atoms with Gasteiger partial charge in [-0.1, -0.05) is 142 Å². The Balaban J connectivity index is 4.12. The molecule has 0 fully saturated rings. The van der Waals surface area contributed by atoms with Crippen molar-refractivity contribution < 1.29 is 24.2 Å². The van der Waals surface area contributed by atoms with Gasteiger partial charge in [-0.3, -0.25) is 0 Å². The molecule has 0 aliphatic heterocycles. The molecule has 0 radical (unpaired) electrons. The summed E-state index contributed by atoms with van der Waals surface area (Å²) in [7, 11) is 0. The van der Waals surface area contributed by atoms with Crippen molar-refractivity contribution in [3.05, 3.63) is 23.3 Å². The topological polar surface area (TPSA) is 76.1 Å². The number of aliphatic hydroxyl groups is 1. The molecule has 6 heteroatoms. The van der Waals surface area contributed by atoms with Gasteiger partial charge in [0, 0.05) is 25.3 Å². The Morgan fingerprint density at radius 2 is 0.816 bits per heavy atom. The van der Waals surface area contributed by atoms with E-state index in [4.69, 9.17) is 9.47 Å². The van der Waals surface area contributed by atoms with E-state index in [-0.39, 0.29) is 18.5 Å². The van der Waals surface area contributed by atoms with Crippen LogP contribution in [0.4, 0.5) is 0 Å². The molecule has 0 unspecified atom stereocenters. The Labute approximate surface area is 304 Å². The third-order valence-corrected chi connectivity index (χ3v) is 9.35. The Kier molecular flexibility index (Phi) is 36.3. The van der Waals surface area contributed by atoms with Crippen molar-refractivity contribution in [2.45, 2.75) is 201 Å². The zero-order valence-corrected chi connectivity index (χ0v) is 33.0. The fourth-order valence-electron chi connectivity index (χ4n) is 6.42. The van der Waals surface area contributed by atoms with Gasteiger partial charge in [0.2, 0.25) is 0 Å². The average Bonchev–Trinajstić information content (AvgIpc) is 3.08. The van der Waals surface area contributed by atoms with E-state index in [9.17, 15) is 14.7 Å². The molecule has 0 aliphatic carbocycles. The van der Waals surface area contributed by atoms with Gasteiger partial charge in [0.05, 0.1) is 13.2 Å². The van der Waals surface area contributed by atoms with E-state index >= 15 is 0 Å². The minimum atomic E-state index is -0.167. The normalized spacial score (nSPS) is 12.2. The molecule has 1 N–H and O–H groups in total. The number of esters is 2. The van der Waals surface area contributed by atoms with E-state index in [0.717, 1.165) is 116 Å². The van der Waals surface area contributed by atoms with Gasteiger partial charge in [-0.05, 0) is 83.7 Å². The second kappa shape index (κ2) is 37.6. The third kappa shape index (κ3) is 33.3. The standard InChI is InChI=1S/C43H81NO5/c1-5-9-11-13-15-21-30-40(28-7-3)38-42(46)48-36-25-19-17-23-32-44(34-27-35-45)33-24-18-20-26-37-49-43(47)39-41(29-8-4)31-22-16-14-12-10-6-2/h38-39,45H,5-37H2,1-4H3/b40-38+,41-39?. The number of hydrogen-bond acceptors (Lipinski definition) is 6. The first-order valence-corrected chi connectivity index (χ1v) is 21.1. The first kappa shape index (κ1) is 47.3. The number of nitrogens with zero attached hydrogens (tertiary/aromatic N) is 1. The van der Waals surface area contributed by atoms with Crippen LogP contribution >= 0.6 is 0 Å². The lowest BCUT2D eigenvalue weighted by atomic mass is 10.0. The van der Waals surface area contributed by atoms with Crippen LogP contribution in [0.1, 0.15) is 201 Å². The molecule has 49 heavy (non-hydrogen) atoms. The molecule has 0 saturated heterocycles. The van der Waals surface area contributed by atoms with E-state index in [1.54, 1.807) is 12.2 Å². The van der Waals surface area contributed by atoms with Crippen LogP contribution in [0.15, 0.2) is 23.3 Å². The van der Waals surface area contributed by atoms with Crippen molar-refractivity contribution in [1.29, 1.82) is 0 Å². The van der Waals surface area contributed by atoms with Gasteiger partial charge >= 0.3 is 11.9 Å². The highest BCUT2D eigenvalue weighted by molar-refractivity contribution is 5.83. The van der Waals surface area contributed by atoms with Crippen LogP contribution in [0.3, 0.4) is 0 Å². The quantitative estimate of drug-likeness (QED) is 0.0397. The number of hydrogen-bond donors (Lipinski definition) is 1. The van der Waals surface area contributed by atoms with Crippen LogP contribution < -0.4 is 0 Å². The van der Waals surface area contributed by atoms with Crippen LogP contribution in [-0.4, -0.2) is 61.4 Å². The lowest BCUT2D eigenvalue weighted by Gasteiger charge is -2.22. The van der Waals surface area contributed by atoms with Crippen LogP contribution in [0, 0.1) is 0 Å². The molecular weight excluding hydrogens is 610 g/mol. The van der Waals surface area contributed by atoms with Crippen LogP contribution in [0.2, 0.25) is 0 Å². The molecule has 0 saturated carbocycles. The molecule has 0 spiro atoms. The van der Waals surface area contributed by atoms with Crippen molar-refractivity contribution >= 4 is 11.9 Å². The summed E-state index contributed by atoms with van der Waals surface area (Å²) in [6.45, 7) is 13.1. The van der Waals surface area contributed by atoms with Crippen molar-refractivity contribution in [2.24, 2.45) is 0 Å².